The molecule has 2 rings (SSSR count). The van der Waals surface area contributed by atoms with Crippen LogP contribution < -0.4 is 0 Å². The van der Waals surface area contributed by atoms with Gasteiger partial charge in [-0.15, -0.1) is 0 Å². The minimum Gasteiger partial charge on any atom is -0.258 e. The van der Waals surface area contributed by atoms with Gasteiger partial charge in [0.15, 0.2) is 0 Å². The molecular formula is C16H11BrN2O4. The van der Waals surface area contributed by atoms with Crippen molar-refractivity contribution >= 4 is 27.6 Å². The molecule has 0 bridgehead atoms. The first-order chi connectivity index (χ1) is 11.0. The molecule has 0 spiro atoms. The number of nitrogens with zero attached hydrogens (tertiary/aromatic N) is 2. The molecular weight excluding hydrogens is 364 g/mol. The Labute approximate surface area is 140 Å². The van der Waals surface area contributed by atoms with Crippen LogP contribution in [0.5, 0.6) is 0 Å². The Balaban J connectivity index is 2.70. The van der Waals surface area contributed by atoms with Crippen LogP contribution in [0.25, 0.3) is 11.6 Å². The predicted octanol–water partition coefficient (Wildman–Crippen LogP) is 4.34. The maximum Gasteiger partial charge on any atom is 0.325 e. The summed E-state index contributed by atoms with van der Waals surface area (Å²) in [4.78, 5) is 21.3. The van der Waals surface area contributed by atoms with Gasteiger partial charge in [-0.25, -0.2) is 0 Å². The van der Waals surface area contributed by atoms with Crippen molar-refractivity contribution in [2.24, 2.45) is 0 Å². The Morgan fingerprint density at radius 2 is 1.39 bits per heavy atom. The first-order valence-corrected chi connectivity index (χ1v) is 7.31. The zero-order chi connectivity index (χ0) is 16.8. The molecule has 2 aromatic rings. The first kappa shape index (κ1) is 16.6. The summed E-state index contributed by atoms with van der Waals surface area (Å²) < 4.78 is -0.456. The summed E-state index contributed by atoms with van der Waals surface area (Å²) in [7, 11) is 0. The van der Waals surface area contributed by atoms with Crippen molar-refractivity contribution in [2.45, 2.75) is 0 Å². The van der Waals surface area contributed by atoms with Gasteiger partial charge in [0.1, 0.15) is 5.57 Å². The van der Waals surface area contributed by atoms with Crippen LogP contribution >= 0.6 is 15.9 Å². The van der Waals surface area contributed by atoms with Crippen molar-refractivity contribution in [3.8, 4) is 0 Å². The summed E-state index contributed by atoms with van der Waals surface area (Å²) in [6.07, 6.45) is 1.31. The van der Waals surface area contributed by atoms with E-state index in [0.29, 0.717) is 11.1 Å². The smallest absolute Gasteiger partial charge is 0.258 e. The van der Waals surface area contributed by atoms with Gasteiger partial charge in [0, 0.05) is 22.0 Å². The molecule has 7 heteroatoms. The normalized spacial score (nSPS) is 12.5. The Kier molecular flexibility index (Phi) is 5.37. The third-order valence-corrected chi connectivity index (χ3v) is 3.67. The minimum atomic E-state index is -0.690. The molecule has 0 N–H and O–H groups in total. The molecule has 0 aliphatic rings. The average molecular weight is 375 g/mol. The largest absolute Gasteiger partial charge is 0.325 e. The monoisotopic (exact) mass is 374 g/mol. The minimum absolute atomic E-state index is 0.0792. The van der Waals surface area contributed by atoms with Crippen LogP contribution in [0.2, 0.25) is 0 Å². The highest BCUT2D eigenvalue weighted by atomic mass is 79.9. The van der Waals surface area contributed by atoms with E-state index in [2.05, 4.69) is 15.9 Å². The van der Waals surface area contributed by atoms with Crippen LogP contribution in [0.1, 0.15) is 11.1 Å². The van der Waals surface area contributed by atoms with Gasteiger partial charge in [-0.1, -0.05) is 60.7 Å². The SMILES string of the molecule is O=[N+]([O-])/C(Br)=C(/C(=C\c1ccccc1)[N+](=O)[O-])c1ccccc1. The Morgan fingerprint density at radius 3 is 1.87 bits per heavy atom. The molecule has 2 aromatic carbocycles. The van der Waals surface area contributed by atoms with Gasteiger partial charge < -0.3 is 0 Å². The number of hydrogen-bond donors (Lipinski definition) is 0. The highest BCUT2D eigenvalue weighted by Crippen LogP contribution is 2.31. The van der Waals surface area contributed by atoms with Crippen molar-refractivity contribution < 1.29 is 9.85 Å². The average Bonchev–Trinajstić information content (AvgIpc) is 2.55. The van der Waals surface area contributed by atoms with Crippen LogP contribution in [0.4, 0.5) is 0 Å². The van der Waals surface area contributed by atoms with Crippen molar-refractivity contribution in [1.82, 2.24) is 0 Å². The molecule has 0 saturated carbocycles. The molecule has 0 amide bonds. The fourth-order valence-corrected chi connectivity index (χ4v) is 2.42. The first-order valence-electron chi connectivity index (χ1n) is 6.52. The van der Waals surface area contributed by atoms with E-state index in [-0.39, 0.29) is 11.3 Å². The Bertz CT molecular complexity index is 786. The van der Waals surface area contributed by atoms with Gasteiger partial charge in [0.2, 0.25) is 0 Å². The van der Waals surface area contributed by atoms with Gasteiger partial charge in [-0.2, -0.15) is 0 Å². The summed E-state index contributed by atoms with van der Waals surface area (Å²) in [5, 5.41) is 22.6. The van der Waals surface area contributed by atoms with Crippen LogP contribution in [-0.2, 0) is 0 Å². The number of rotatable bonds is 5. The van der Waals surface area contributed by atoms with Gasteiger partial charge in [0.25, 0.3) is 5.70 Å². The van der Waals surface area contributed by atoms with E-state index in [4.69, 9.17) is 0 Å². The van der Waals surface area contributed by atoms with Gasteiger partial charge >= 0.3 is 4.61 Å². The summed E-state index contributed by atoms with van der Waals surface area (Å²) in [6.45, 7) is 0. The van der Waals surface area contributed by atoms with E-state index in [1.165, 1.54) is 6.08 Å². The molecule has 0 aliphatic heterocycles. The highest BCUT2D eigenvalue weighted by molar-refractivity contribution is 9.11. The zero-order valence-corrected chi connectivity index (χ0v) is 13.3. The topological polar surface area (TPSA) is 86.3 Å². The third kappa shape index (κ3) is 4.10. The fourth-order valence-electron chi connectivity index (χ4n) is 1.99. The second kappa shape index (κ2) is 7.46. The number of hydrogen-bond acceptors (Lipinski definition) is 4. The second-order valence-electron chi connectivity index (χ2n) is 4.49. The van der Waals surface area contributed by atoms with Crippen molar-refractivity contribution in [3.05, 3.63) is 102 Å². The maximum absolute atomic E-state index is 11.5. The number of allylic oxidation sites excluding steroid dienone is 1. The van der Waals surface area contributed by atoms with Gasteiger partial charge in [-0.05, 0) is 11.1 Å². The Hall–Kier alpha value is -2.80. The molecule has 0 unspecified atom stereocenters. The van der Waals surface area contributed by atoms with Crippen LogP contribution in [-0.4, -0.2) is 9.85 Å². The lowest BCUT2D eigenvalue weighted by molar-refractivity contribution is -0.422. The highest BCUT2D eigenvalue weighted by Gasteiger charge is 2.28. The predicted molar refractivity (Wildman–Crippen MR) is 90.7 cm³/mol. The fraction of sp³-hybridized carbons (Fsp3) is 0. The van der Waals surface area contributed by atoms with E-state index in [0.717, 1.165) is 0 Å². The third-order valence-electron chi connectivity index (χ3n) is 2.98. The molecule has 6 nitrogen and oxygen atoms in total. The molecule has 0 aromatic heterocycles. The molecule has 116 valence electrons. The van der Waals surface area contributed by atoms with E-state index in [1.54, 1.807) is 60.7 Å². The summed E-state index contributed by atoms with van der Waals surface area (Å²) >= 11 is 2.86. The molecule has 23 heavy (non-hydrogen) atoms. The maximum atomic E-state index is 11.5. The summed E-state index contributed by atoms with van der Waals surface area (Å²) in [6, 6.07) is 16.8. The lowest BCUT2D eigenvalue weighted by Gasteiger charge is -2.05. The van der Waals surface area contributed by atoms with E-state index in [1.807, 2.05) is 0 Å². The summed E-state index contributed by atoms with van der Waals surface area (Å²) in [5.41, 5.74) is 0.529. The van der Waals surface area contributed by atoms with E-state index < -0.39 is 14.5 Å². The van der Waals surface area contributed by atoms with Crippen LogP contribution in [0.15, 0.2) is 71.0 Å². The second-order valence-corrected chi connectivity index (χ2v) is 5.24. The van der Waals surface area contributed by atoms with Gasteiger partial charge in [0.05, 0.1) is 9.85 Å². The molecule has 0 saturated heterocycles. The molecule has 0 radical (unpaired) electrons. The molecule has 0 atom stereocenters. The van der Waals surface area contributed by atoms with Crippen molar-refractivity contribution in [1.29, 1.82) is 0 Å². The lowest BCUT2D eigenvalue weighted by atomic mass is 10.0. The van der Waals surface area contributed by atoms with E-state index >= 15 is 0 Å². The van der Waals surface area contributed by atoms with Crippen LogP contribution in [0.3, 0.4) is 0 Å². The van der Waals surface area contributed by atoms with E-state index in [9.17, 15) is 20.2 Å². The van der Waals surface area contributed by atoms with Crippen molar-refractivity contribution in [3.63, 3.8) is 0 Å². The van der Waals surface area contributed by atoms with Gasteiger partial charge in [-0.3, -0.25) is 20.2 Å². The molecule has 0 heterocycles. The number of benzene rings is 2. The standard InChI is InChI=1S/C16H11BrN2O4/c17-16(19(22)23)15(13-9-5-2-6-10-13)14(18(20)21)11-12-7-3-1-4-8-12/h1-11H/b14-11+,16-15+. The van der Waals surface area contributed by atoms with Crippen molar-refractivity contribution in [2.75, 3.05) is 0 Å². The number of nitro groups is 2. The Morgan fingerprint density at radius 1 is 0.870 bits per heavy atom. The molecule has 0 aliphatic carbocycles. The molecule has 0 fully saturated rings. The lowest BCUT2D eigenvalue weighted by Crippen LogP contribution is -2.06. The summed E-state index contributed by atoms with van der Waals surface area (Å²) in [5.74, 6) is 0. The quantitative estimate of drug-likeness (QED) is 0.337. The number of halogens is 1. The van der Waals surface area contributed by atoms with Crippen LogP contribution in [0, 0.1) is 20.2 Å². The zero-order valence-electron chi connectivity index (χ0n) is 11.8.